The van der Waals surface area contributed by atoms with E-state index in [-0.39, 0.29) is 13.3 Å². The molecule has 0 aromatic carbocycles. The summed E-state index contributed by atoms with van der Waals surface area (Å²) < 4.78 is 0. The second-order valence-corrected chi connectivity index (χ2v) is 1.97. The molecule has 2 unspecified atom stereocenters. The zero-order valence-corrected chi connectivity index (χ0v) is 4.86. The van der Waals surface area contributed by atoms with Crippen molar-refractivity contribution in [2.24, 2.45) is 0 Å². The van der Waals surface area contributed by atoms with Crippen molar-refractivity contribution in [2.45, 2.75) is 12.6 Å². The lowest BCUT2D eigenvalue weighted by Crippen LogP contribution is -2.36. The van der Waals surface area contributed by atoms with Gasteiger partial charge in [0, 0.05) is 6.54 Å². The van der Waals surface area contributed by atoms with Crippen molar-refractivity contribution in [3.05, 3.63) is 0 Å². The Labute approximate surface area is 52.5 Å². The second-order valence-electron chi connectivity index (χ2n) is 1.97. The molecule has 4 N–H and O–H groups in total. The lowest BCUT2D eigenvalue weighted by atomic mass is 10.6. The van der Waals surface area contributed by atoms with Gasteiger partial charge in [0.2, 0.25) is 0 Å². The van der Waals surface area contributed by atoms with Crippen LogP contribution >= 0.6 is 0 Å². The summed E-state index contributed by atoms with van der Waals surface area (Å²) >= 11 is 0. The predicted octanol–water partition coefficient (Wildman–Crippen LogP) is -2.56. The molecule has 2 atom stereocenters. The number of β-amino-alcohol motifs (C(OH)–C–C–N with tert-alkyl or cyclic N) is 1. The highest BCUT2D eigenvalue weighted by atomic mass is 16.4. The zero-order chi connectivity index (χ0) is 6.85. The number of nitrogens with zero attached hydrogens (tertiary/aromatic N) is 1. The van der Waals surface area contributed by atoms with E-state index < -0.39 is 12.6 Å². The van der Waals surface area contributed by atoms with E-state index in [1.165, 1.54) is 4.90 Å². The number of nitrogens with one attached hydrogen (secondary N) is 1. The van der Waals surface area contributed by atoms with Gasteiger partial charge >= 0.3 is 0 Å². The highest BCUT2D eigenvalue weighted by Crippen LogP contribution is 2.01. The molecule has 1 rings (SSSR count). The molecule has 1 saturated heterocycles. The first-order valence-electron chi connectivity index (χ1n) is 2.71. The lowest BCUT2D eigenvalue weighted by molar-refractivity contribution is -0.0273. The Hall–Kier alpha value is -0.200. The Bertz CT molecular complexity index is 99.8. The van der Waals surface area contributed by atoms with Crippen LogP contribution in [-0.4, -0.2) is 46.1 Å². The van der Waals surface area contributed by atoms with Crippen LogP contribution in [-0.2, 0) is 0 Å². The summed E-state index contributed by atoms with van der Waals surface area (Å²) in [6.07, 6.45) is -1.64. The standard InChI is InChI=1S/C4H10N2O3/c7-2-6-1-3(8)5-4(6)9/h3-5,7-9H,1-2H2. The van der Waals surface area contributed by atoms with Crippen LogP contribution in [0.4, 0.5) is 0 Å². The van der Waals surface area contributed by atoms with Crippen molar-refractivity contribution < 1.29 is 15.3 Å². The van der Waals surface area contributed by atoms with E-state index in [4.69, 9.17) is 15.3 Å². The molecule has 0 aromatic rings. The zero-order valence-electron chi connectivity index (χ0n) is 4.86. The van der Waals surface area contributed by atoms with E-state index in [0.29, 0.717) is 0 Å². The fourth-order valence-corrected chi connectivity index (χ4v) is 0.787. The van der Waals surface area contributed by atoms with Crippen LogP contribution in [0.25, 0.3) is 0 Å². The van der Waals surface area contributed by atoms with Crippen molar-refractivity contribution in [1.82, 2.24) is 10.2 Å². The Morgan fingerprint density at radius 1 is 1.56 bits per heavy atom. The number of hydrogen-bond donors (Lipinski definition) is 4. The van der Waals surface area contributed by atoms with Crippen LogP contribution in [0.5, 0.6) is 0 Å². The molecule has 0 saturated carbocycles. The molecular formula is C4H10N2O3. The van der Waals surface area contributed by atoms with Crippen molar-refractivity contribution in [2.75, 3.05) is 13.3 Å². The minimum Gasteiger partial charge on any atom is -0.381 e. The highest BCUT2D eigenvalue weighted by molar-refractivity contribution is 4.70. The van der Waals surface area contributed by atoms with Gasteiger partial charge in [-0.15, -0.1) is 0 Å². The van der Waals surface area contributed by atoms with Gasteiger partial charge in [-0.3, -0.25) is 5.32 Å². The van der Waals surface area contributed by atoms with Gasteiger partial charge in [0.05, 0.1) is 6.73 Å². The van der Waals surface area contributed by atoms with Crippen LogP contribution < -0.4 is 5.32 Å². The first-order valence-corrected chi connectivity index (χ1v) is 2.71. The monoisotopic (exact) mass is 134 g/mol. The van der Waals surface area contributed by atoms with Gasteiger partial charge in [-0.05, 0) is 0 Å². The molecule has 0 amide bonds. The van der Waals surface area contributed by atoms with Crippen molar-refractivity contribution in [3.8, 4) is 0 Å². The SMILES string of the molecule is OCN1CC(O)NC1O. The molecule has 0 bridgehead atoms. The summed E-state index contributed by atoms with van der Waals surface area (Å²) in [6.45, 7) is 0.0168. The molecule has 0 aliphatic carbocycles. The average molecular weight is 134 g/mol. The van der Waals surface area contributed by atoms with Gasteiger partial charge in [0.25, 0.3) is 0 Å². The summed E-state index contributed by atoms with van der Waals surface area (Å²) in [5, 5.41) is 28.5. The van der Waals surface area contributed by atoms with Crippen LogP contribution in [0.15, 0.2) is 0 Å². The molecule has 1 aliphatic rings. The molecule has 0 radical (unpaired) electrons. The summed E-state index contributed by atoms with van der Waals surface area (Å²) in [5.74, 6) is 0. The van der Waals surface area contributed by atoms with Crippen molar-refractivity contribution in [1.29, 1.82) is 0 Å². The first kappa shape index (κ1) is 6.91. The maximum Gasteiger partial charge on any atom is 0.166 e. The van der Waals surface area contributed by atoms with Gasteiger partial charge in [0.1, 0.15) is 6.23 Å². The molecular weight excluding hydrogens is 124 g/mol. The molecule has 0 spiro atoms. The number of hydrogen-bond acceptors (Lipinski definition) is 5. The average Bonchev–Trinajstić information content (AvgIpc) is 2.10. The van der Waals surface area contributed by atoms with E-state index in [9.17, 15) is 0 Å². The summed E-state index contributed by atoms with van der Waals surface area (Å²) in [6, 6.07) is 0. The third kappa shape index (κ3) is 1.38. The molecule has 5 heteroatoms. The van der Waals surface area contributed by atoms with E-state index in [0.717, 1.165) is 0 Å². The number of aliphatic hydroxyl groups is 3. The summed E-state index contributed by atoms with van der Waals surface area (Å²) in [4.78, 5) is 1.30. The van der Waals surface area contributed by atoms with E-state index in [1.54, 1.807) is 0 Å². The maximum absolute atomic E-state index is 8.85. The molecule has 54 valence electrons. The molecule has 9 heavy (non-hydrogen) atoms. The fraction of sp³-hybridized carbons (Fsp3) is 1.00. The highest BCUT2D eigenvalue weighted by Gasteiger charge is 2.26. The topological polar surface area (TPSA) is 76.0 Å². The quantitative estimate of drug-likeness (QED) is 0.317. The van der Waals surface area contributed by atoms with Gasteiger partial charge in [-0.1, -0.05) is 0 Å². The normalized spacial score (nSPS) is 37.7. The third-order valence-electron chi connectivity index (χ3n) is 1.28. The predicted molar refractivity (Wildman–Crippen MR) is 28.9 cm³/mol. The lowest BCUT2D eigenvalue weighted by Gasteiger charge is -2.13. The summed E-state index contributed by atoms with van der Waals surface area (Å²) in [7, 11) is 0. The van der Waals surface area contributed by atoms with Gasteiger partial charge < -0.3 is 15.3 Å². The number of aliphatic hydroxyl groups excluding tert-OH is 3. The molecule has 1 heterocycles. The van der Waals surface area contributed by atoms with Gasteiger partial charge in [-0.2, -0.15) is 0 Å². The molecule has 1 aliphatic heterocycles. The minimum atomic E-state index is -0.912. The Balaban J connectivity index is 2.38. The van der Waals surface area contributed by atoms with Crippen LogP contribution in [0.1, 0.15) is 0 Å². The molecule has 0 aromatic heterocycles. The van der Waals surface area contributed by atoms with Crippen LogP contribution in [0.2, 0.25) is 0 Å². The van der Waals surface area contributed by atoms with E-state index in [1.807, 2.05) is 0 Å². The fourth-order valence-electron chi connectivity index (χ4n) is 0.787. The Morgan fingerprint density at radius 2 is 2.22 bits per heavy atom. The third-order valence-corrected chi connectivity index (χ3v) is 1.28. The summed E-state index contributed by atoms with van der Waals surface area (Å²) in [5.41, 5.74) is 0. The van der Waals surface area contributed by atoms with Crippen LogP contribution in [0.3, 0.4) is 0 Å². The Morgan fingerprint density at radius 3 is 2.44 bits per heavy atom. The maximum atomic E-state index is 8.85. The number of rotatable bonds is 1. The first-order chi connectivity index (χ1) is 4.24. The van der Waals surface area contributed by atoms with Gasteiger partial charge in [0.15, 0.2) is 6.35 Å². The molecule has 5 nitrogen and oxygen atoms in total. The minimum absolute atomic E-state index is 0.245. The van der Waals surface area contributed by atoms with Crippen molar-refractivity contribution in [3.63, 3.8) is 0 Å². The molecule has 1 fully saturated rings. The van der Waals surface area contributed by atoms with E-state index >= 15 is 0 Å². The Kier molecular flexibility index (Phi) is 1.99. The largest absolute Gasteiger partial charge is 0.381 e. The van der Waals surface area contributed by atoms with Crippen LogP contribution in [0, 0.1) is 0 Å². The smallest absolute Gasteiger partial charge is 0.166 e. The van der Waals surface area contributed by atoms with Crippen molar-refractivity contribution >= 4 is 0 Å². The second kappa shape index (κ2) is 2.59. The van der Waals surface area contributed by atoms with E-state index in [2.05, 4.69) is 5.32 Å². The van der Waals surface area contributed by atoms with Gasteiger partial charge in [-0.25, -0.2) is 4.90 Å².